The number of likely N-dealkylation sites (tertiary alicyclic amines) is 1. The zero-order valence-corrected chi connectivity index (χ0v) is 16.4. The van der Waals surface area contributed by atoms with Crippen LogP contribution in [-0.2, 0) is 19.1 Å². The van der Waals surface area contributed by atoms with Gasteiger partial charge in [-0.15, -0.1) is 0 Å². The lowest BCUT2D eigenvalue weighted by Gasteiger charge is -2.41. The molecule has 2 saturated heterocycles. The summed E-state index contributed by atoms with van der Waals surface area (Å²) in [5.74, 6) is 0.119. The summed E-state index contributed by atoms with van der Waals surface area (Å²) in [6.07, 6.45) is 6.47. The van der Waals surface area contributed by atoms with E-state index < -0.39 is 5.60 Å². The van der Waals surface area contributed by atoms with Crippen molar-refractivity contribution in [1.82, 2.24) is 14.7 Å². The lowest BCUT2D eigenvalue weighted by molar-refractivity contribution is -0.138. The minimum atomic E-state index is -0.419. The van der Waals surface area contributed by atoms with Crippen LogP contribution in [0.2, 0.25) is 0 Å². The molecule has 148 valence electrons. The molecule has 2 aliphatic heterocycles. The Bertz CT molecular complexity index is 503. The average molecular weight is 367 g/mol. The van der Waals surface area contributed by atoms with Crippen LogP contribution in [0.5, 0.6) is 0 Å². The topological polar surface area (TPSA) is 62.3 Å². The number of carbonyl (C=O) groups excluding carboxylic acids is 2. The highest BCUT2D eigenvalue weighted by Gasteiger charge is 2.37. The molecule has 0 aromatic carbocycles. The van der Waals surface area contributed by atoms with E-state index in [1.807, 2.05) is 11.0 Å². The summed E-state index contributed by atoms with van der Waals surface area (Å²) < 4.78 is 11.1. The highest BCUT2D eigenvalue weighted by atomic mass is 16.5. The number of amides is 2. The Labute approximate surface area is 156 Å². The van der Waals surface area contributed by atoms with Crippen molar-refractivity contribution in [2.45, 2.75) is 31.3 Å². The average Bonchev–Trinajstić information content (AvgIpc) is 2.67. The fourth-order valence-electron chi connectivity index (χ4n) is 3.51. The molecule has 2 heterocycles. The van der Waals surface area contributed by atoms with Crippen molar-refractivity contribution < 1.29 is 19.1 Å². The molecule has 0 aromatic rings. The third-order valence-electron chi connectivity index (χ3n) is 5.31. The third-order valence-corrected chi connectivity index (χ3v) is 5.31. The van der Waals surface area contributed by atoms with Gasteiger partial charge in [-0.25, -0.2) is 0 Å². The highest BCUT2D eigenvalue weighted by molar-refractivity contribution is 5.87. The molecule has 0 spiro atoms. The molecule has 0 saturated carbocycles. The number of rotatable bonds is 7. The van der Waals surface area contributed by atoms with Crippen molar-refractivity contribution in [3.05, 3.63) is 12.2 Å². The maximum absolute atomic E-state index is 12.6. The van der Waals surface area contributed by atoms with Crippen LogP contribution in [0.3, 0.4) is 0 Å². The molecule has 0 radical (unpaired) electrons. The summed E-state index contributed by atoms with van der Waals surface area (Å²) in [6, 6.07) is 0. The molecule has 0 N–H and O–H groups in total. The fraction of sp³-hybridized carbons (Fsp3) is 0.789. The van der Waals surface area contributed by atoms with Gasteiger partial charge < -0.3 is 19.3 Å². The molecule has 7 heteroatoms. The van der Waals surface area contributed by atoms with E-state index >= 15 is 0 Å². The first kappa shape index (κ1) is 20.9. The first-order valence-corrected chi connectivity index (χ1v) is 9.47. The standard InChI is InChI=1S/C19H33N3O4/c1-20(2)17(23)7-9-19(25-3)8-5-11-22(16-19)18(24)6-4-10-21-12-14-26-15-13-21/h4,6H,5,7-16H2,1-3H3/b6-4+/t19-/m1/s1. The summed E-state index contributed by atoms with van der Waals surface area (Å²) >= 11 is 0. The molecule has 0 unspecified atom stereocenters. The highest BCUT2D eigenvalue weighted by Crippen LogP contribution is 2.29. The van der Waals surface area contributed by atoms with Gasteiger partial charge in [0.15, 0.2) is 0 Å². The van der Waals surface area contributed by atoms with Crippen molar-refractivity contribution in [2.24, 2.45) is 0 Å². The Morgan fingerprint density at radius 3 is 2.62 bits per heavy atom. The molecular weight excluding hydrogens is 334 g/mol. The normalized spacial score (nSPS) is 24.8. The van der Waals surface area contributed by atoms with E-state index in [-0.39, 0.29) is 11.8 Å². The second-order valence-corrected chi connectivity index (χ2v) is 7.35. The van der Waals surface area contributed by atoms with Crippen LogP contribution in [0, 0.1) is 0 Å². The molecule has 2 amide bonds. The first-order valence-electron chi connectivity index (χ1n) is 9.47. The summed E-state index contributed by atoms with van der Waals surface area (Å²) in [7, 11) is 5.21. The van der Waals surface area contributed by atoms with Gasteiger partial charge in [-0.3, -0.25) is 14.5 Å². The summed E-state index contributed by atoms with van der Waals surface area (Å²) in [4.78, 5) is 30.2. The van der Waals surface area contributed by atoms with Crippen LogP contribution in [0.15, 0.2) is 12.2 Å². The van der Waals surface area contributed by atoms with Gasteiger partial charge in [0.1, 0.15) is 0 Å². The quantitative estimate of drug-likeness (QED) is 0.622. The summed E-state index contributed by atoms with van der Waals surface area (Å²) in [6.45, 7) is 5.41. The number of nitrogens with zero attached hydrogens (tertiary/aromatic N) is 3. The van der Waals surface area contributed by atoms with Crippen molar-refractivity contribution >= 4 is 11.8 Å². The van der Waals surface area contributed by atoms with E-state index in [9.17, 15) is 9.59 Å². The summed E-state index contributed by atoms with van der Waals surface area (Å²) in [5, 5.41) is 0. The number of methoxy groups -OCH3 is 1. The molecule has 0 aromatic heterocycles. The number of hydrogen-bond acceptors (Lipinski definition) is 5. The molecule has 2 fully saturated rings. The van der Waals surface area contributed by atoms with Crippen molar-refractivity contribution in [3.63, 3.8) is 0 Å². The van der Waals surface area contributed by atoms with Gasteiger partial charge in [0.05, 0.1) is 18.8 Å². The predicted molar refractivity (Wildman–Crippen MR) is 99.9 cm³/mol. The lowest BCUT2D eigenvalue weighted by Crippen LogP contribution is -2.51. The molecular formula is C19H33N3O4. The summed E-state index contributed by atoms with van der Waals surface area (Å²) in [5.41, 5.74) is -0.419. The van der Waals surface area contributed by atoms with Gasteiger partial charge in [-0.05, 0) is 19.3 Å². The van der Waals surface area contributed by atoms with Crippen LogP contribution in [0.25, 0.3) is 0 Å². The molecule has 2 aliphatic rings. The van der Waals surface area contributed by atoms with Gasteiger partial charge in [-0.2, -0.15) is 0 Å². The Hall–Kier alpha value is -1.44. The molecule has 1 atom stereocenters. The largest absolute Gasteiger partial charge is 0.379 e. The monoisotopic (exact) mass is 367 g/mol. The Kier molecular flexibility index (Phi) is 8.06. The number of hydrogen-bond donors (Lipinski definition) is 0. The van der Waals surface area contributed by atoms with Gasteiger partial charge in [0.25, 0.3) is 0 Å². The maximum Gasteiger partial charge on any atom is 0.246 e. The zero-order valence-electron chi connectivity index (χ0n) is 16.4. The van der Waals surface area contributed by atoms with Gasteiger partial charge in [0, 0.05) is 66.4 Å². The SMILES string of the molecule is CO[C@@]1(CCC(=O)N(C)C)CCCN(C(=O)/C=C/CN2CCOCC2)C1. The van der Waals surface area contributed by atoms with E-state index in [1.165, 1.54) is 0 Å². The molecule has 7 nitrogen and oxygen atoms in total. The number of carbonyl (C=O) groups is 2. The Morgan fingerprint density at radius 2 is 1.96 bits per heavy atom. The van der Waals surface area contributed by atoms with E-state index in [2.05, 4.69) is 4.90 Å². The number of morpholine rings is 1. The van der Waals surface area contributed by atoms with E-state index in [0.29, 0.717) is 19.4 Å². The maximum atomic E-state index is 12.6. The van der Waals surface area contributed by atoms with Crippen LogP contribution in [0.1, 0.15) is 25.7 Å². The van der Waals surface area contributed by atoms with Crippen LogP contribution >= 0.6 is 0 Å². The number of piperidine rings is 1. The van der Waals surface area contributed by atoms with Crippen molar-refractivity contribution in [2.75, 3.05) is 67.1 Å². The fourth-order valence-corrected chi connectivity index (χ4v) is 3.51. The second kappa shape index (κ2) is 10.0. The first-order chi connectivity index (χ1) is 12.5. The van der Waals surface area contributed by atoms with Crippen LogP contribution in [-0.4, -0.2) is 99.3 Å². The van der Waals surface area contributed by atoms with Crippen molar-refractivity contribution in [1.29, 1.82) is 0 Å². The number of ether oxygens (including phenoxy) is 2. The zero-order chi connectivity index (χ0) is 19.0. The predicted octanol–water partition coefficient (Wildman–Crippen LogP) is 0.751. The van der Waals surface area contributed by atoms with Gasteiger partial charge >= 0.3 is 0 Å². The minimum Gasteiger partial charge on any atom is -0.379 e. The third kappa shape index (κ3) is 6.07. The molecule has 2 rings (SSSR count). The second-order valence-electron chi connectivity index (χ2n) is 7.35. The minimum absolute atomic E-state index is 0.0262. The molecule has 0 bridgehead atoms. The van der Waals surface area contributed by atoms with Crippen molar-refractivity contribution in [3.8, 4) is 0 Å². The lowest BCUT2D eigenvalue weighted by atomic mass is 9.87. The van der Waals surface area contributed by atoms with E-state index in [1.54, 1.807) is 32.2 Å². The van der Waals surface area contributed by atoms with E-state index in [4.69, 9.17) is 9.47 Å². The van der Waals surface area contributed by atoms with E-state index in [0.717, 1.165) is 52.2 Å². The Balaban J connectivity index is 1.86. The Morgan fingerprint density at radius 1 is 1.23 bits per heavy atom. The smallest absolute Gasteiger partial charge is 0.246 e. The van der Waals surface area contributed by atoms with Crippen LogP contribution < -0.4 is 0 Å². The van der Waals surface area contributed by atoms with Crippen LogP contribution in [0.4, 0.5) is 0 Å². The van der Waals surface area contributed by atoms with Gasteiger partial charge in [-0.1, -0.05) is 6.08 Å². The van der Waals surface area contributed by atoms with Gasteiger partial charge in [0.2, 0.25) is 11.8 Å². The molecule has 26 heavy (non-hydrogen) atoms. The molecule has 0 aliphatic carbocycles.